The molecule has 0 aliphatic rings. The zero-order valence-electron chi connectivity index (χ0n) is 10.00. The molecule has 0 fully saturated rings. The topological polar surface area (TPSA) is 25.8 Å². The summed E-state index contributed by atoms with van der Waals surface area (Å²) in [6.45, 7) is 2.10. The van der Waals surface area contributed by atoms with Crippen molar-refractivity contribution >= 4 is 11.3 Å². The van der Waals surface area contributed by atoms with Crippen LogP contribution in [0.5, 0.6) is 0 Å². The lowest BCUT2D eigenvalue weighted by atomic mass is 10.1. The van der Waals surface area contributed by atoms with Crippen LogP contribution in [-0.4, -0.2) is 9.97 Å². The number of benzene rings is 1. The molecule has 18 heavy (non-hydrogen) atoms. The molecule has 2 heterocycles. The van der Waals surface area contributed by atoms with Crippen LogP contribution in [0, 0.1) is 6.92 Å². The lowest BCUT2D eigenvalue weighted by molar-refractivity contribution is 1.32. The maximum absolute atomic E-state index is 4.68. The van der Waals surface area contributed by atoms with Crippen molar-refractivity contribution in [1.29, 1.82) is 0 Å². The van der Waals surface area contributed by atoms with E-state index in [0.29, 0.717) is 0 Å². The summed E-state index contributed by atoms with van der Waals surface area (Å²) < 4.78 is 0. The van der Waals surface area contributed by atoms with Gasteiger partial charge in [0.2, 0.25) is 0 Å². The van der Waals surface area contributed by atoms with Gasteiger partial charge in [-0.1, -0.05) is 23.8 Å². The van der Waals surface area contributed by atoms with Crippen molar-refractivity contribution in [3.8, 4) is 21.8 Å². The molecule has 0 spiro atoms. The number of hydrogen-bond donors (Lipinski definition) is 0. The Morgan fingerprint density at radius 2 is 1.83 bits per heavy atom. The number of thiazole rings is 1. The Kier molecular flexibility index (Phi) is 2.90. The first kappa shape index (κ1) is 11.1. The SMILES string of the molecule is Cc1cccc(-c2csc(-c3ccncc3)n2)c1. The average molecular weight is 252 g/mol. The fourth-order valence-electron chi connectivity index (χ4n) is 1.84. The second-order valence-electron chi connectivity index (χ2n) is 4.14. The molecule has 2 nitrogen and oxygen atoms in total. The van der Waals surface area contributed by atoms with Crippen LogP contribution in [-0.2, 0) is 0 Å². The zero-order valence-corrected chi connectivity index (χ0v) is 10.8. The second kappa shape index (κ2) is 4.70. The fourth-order valence-corrected chi connectivity index (χ4v) is 2.67. The first-order chi connectivity index (χ1) is 8.83. The predicted octanol–water partition coefficient (Wildman–Crippen LogP) is 4.18. The molecule has 88 valence electrons. The van der Waals surface area contributed by atoms with Gasteiger partial charge in [-0.25, -0.2) is 4.98 Å². The Hall–Kier alpha value is -2.00. The first-order valence-electron chi connectivity index (χ1n) is 5.76. The van der Waals surface area contributed by atoms with Crippen LogP contribution in [0.3, 0.4) is 0 Å². The van der Waals surface area contributed by atoms with E-state index in [0.717, 1.165) is 16.3 Å². The van der Waals surface area contributed by atoms with Gasteiger partial charge in [0.05, 0.1) is 5.69 Å². The summed E-state index contributed by atoms with van der Waals surface area (Å²) >= 11 is 1.66. The number of rotatable bonds is 2. The smallest absolute Gasteiger partial charge is 0.124 e. The lowest BCUT2D eigenvalue weighted by Crippen LogP contribution is -1.81. The van der Waals surface area contributed by atoms with Crippen molar-refractivity contribution in [1.82, 2.24) is 9.97 Å². The number of hydrogen-bond acceptors (Lipinski definition) is 3. The summed E-state index contributed by atoms with van der Waals surface area (Å²) in [5, 5.41) is 3.14. The minimum Gasteiger partial charge on any atom is -0.265 e. The summed E-state index contributed by atoms with van der Waals surface area (Å²) in [5.41, 5.74) is 4.59. The Morgan fingerprint density at radius 1 is 1.00 bits per heavy atom. The lowest BCUT2D eigenvalue weighted by Gasteiger charge is -1.98. The Bertz CT molecular complexity index is 659. The Morgan fingerprint density at radius 3 is 2.61 bits per heavy atom. The van der Waals surface area contributed by atoms with E-state index in [1.165, 1.54) is 11.1 Å². The van der Waals surface area contributed by atoms with Crippen LogP contribution < -0.4 is 0 Å². The summed E-state index contributed by atoms with van der Waals surface area (Å²) in [7, 11) is 0. The standard InChI is InChI=1S/C15H12N2S/c1-11-3-2-4-13(9-11)14-10-18-15(17-14)12-5-7-16-8-6-12/h2-10H,1H3. The molecule has 2 aromatic heterocycles. The van der Waals surface area contributed by atoms with Crippen molar-refractivity contribution < 1.29 is 0 Å². The third-order valence-corrected chi connectivity index (χ3v) is 3.64. The molecular weight excluding hydrogens is 240 g/mol. The summed E-state index contributed by atoms with van der Waals surface area (Å²) in [4.78, 5) is 8.71. The summed E-state index contributed by atoms with van der Waals surface area (Å²) in [6, 6.07) is 12.4. The molecule has 1 aromatic carbocycles. The van der Waals surface area contributed by atoms with Crippen LogP contribution in [0.15, 0.2) is 54.2 Å². The van der Waals surface area contributed by atoms with Crippen LogP contribution in [0.2, 0.25) is 0 Å². The van der Waals surface area contributed by atoms with E-state index in [1.807, 2.05) is 12.1 Å². The summed E-state index contributed by atoms with van der Waals surface area (Å²) in [6.07, 6.45) is 3.59. The third kappa shape index (κ3) is 2.17. The third-order valence-electron chi connectivity index (χ3n) is 2.75. The largest absolute Gasteiger partial charge is 0.265 e. The first-order valence-corrected chi connectivity index (χ1v) is 6.64. The Balaban J connectivity index is 2.00. The fraction of sp³-hybridized carbons (Fsp3) is 0.0667. The number of pyridine rings is 1. The second-order valence-corrected chi connectivity index (χ2v) is 5.00. The molecule has 0 saturated heterocycles. The average Bonchev–Trinajstić information content (AvgIpc) is 2.89. The highest BCUT2D eigenvalue weighted by atomic mass is 32.1. The molecule has 0 bridgehead atoms. The predicted molar refractivity (Wildman–Crippen MR) is 75.5 cm³/mol. The molecule has 3 heteroatoms. The van der Waals surface area contributed by atoms with Gasteiger partial charge in [0, 0.05) is 28.9 Å². The van der Waals surface area contributed by atoms with Crippen molar-refractivity contribution in [2.75, 3.05) is 0 Å². The molecule has 0 aliphatic heterocycles. The van der Waals surface area contributed by atoms with Gasteiger partial charge in [-0.2, -0.15) is 0 Å². The maximum atomic E-state index is 4.68. The van der Waals surface area contributed by atoms with E-state index in [-0.39, 0.29) is 0 Å². The molecule has 0 radical (unpaired) electrons. The monoisotopic (exact) mass is 252 g/mol. The van der Waals surface area contributed by atoms with Gasteiger partial charge in [-0.15, -0.1) is 11.3 Å². The number of aromatic nitrogens is 2. The molecule has 0 unspecified atom stereocenters. The molecule has 0 aliphatic carbocycles. The van der Waals surface area contributed by atoms with E-state index in [2.05, 4.69) is 46.5 Å². The van der Waals surface area contributed by atoms with Gasteiger partial charge in [0.1, 0.15) is 5.01 Å². The van der Waals surface area contributed by atoms with Crippen molar-refractivity contribution in [2.24, 2.45) is 0 Å². The van der Waals surface area contributed by atoms with Crippen molar-refractivity contribution in [2.45, 2.75) is 6.92 Å². The van der Waals surface area contributed by atoms with E-state index >= 15 is 0 Å². The summed E-state index contributed by atoms with van der Waals surface area (Å²) in [5.74, 6) is 0. The normalized spacial score (nSPS) is 10.5. The highest BCUT2D eigenvalue weighted by Gasteiger charge is 2.06. The van der Waals surface area contributed by atoms with Crippen molar-refractivity contribution in [3.63, 3.8) is 0 Å². The van der Waals surface area contributed by atoms with E-state index in [1.54, 1.807) is 23.7 Å². The van der Waals surface area contributed by atoms with Gasteiger partial charge in [-0.3, -0.25) is 4.98 Å². The van der Waals surface area contributed by atoms with E-state index < -0.39 is 0 Å². The maximum Gasteiger partial charge on any atom is 0.124 e. The number of nitrogens with zero attached hydrogens (tertiary/aromatic N) is 2. The van der Waals surface area contributed by atoms with Crippen LogP contribution >= 0.6 is 11.3 Å². The highest BCUT2D eigenvalue weighted by molar-refractivity contribution is 7.13. The van der Waals surface area contributed by atoms with Crippen LogP contribution in [0.4, 0.5) is 0 Å². The minimum absolute atomic E-state index is 1.04. The van der Waals surface area contributed by atoms with E-state index in [9.17, 15) is 0 Å². The van der Waals surface area contributed by atoms with Gasteiger partial charge in [-0.05, 0) is 25.1 Å². The molecule has 0 N–H and O–H groups in total. The zero-order chi connectivity index (χ0) is 12.4. The molecule has 0 atom stereocenters. The van der Waals surface area contributed by atoms with Crippen molar-refractivity contribution in [3.05, 3.63) is 59.7 Å². The van der Waals surface area contributed by atoms with Gasteiger partial charge < -0.3 is 0 Å². The molecular formula is C15H12N2S. The quantitative estimate of drug-likeness (QED) is 0.683. The van der Waals surface area contributed by atoms with Gasteiger partial charge in [0.15, 0.2) is 0 Å². The number of aryl methyl sites for hydroxylation is 1. The van der Waals surface area contributed by atoms with Gasteiger partial charge >= 0.3 is 0 Å². The minimum atomic E-state index is 1.04. The van der Waals surface area contributed by atoms with Crippen LogP contribution in [0.1, 0.15) is 5.56 Å². The highest BCUT2D eigenvalue weighted by Crippen LogP contribution is 2.28. The Labute approximate surface area is 110 Å². The van der Waals surface area contributed by atoms with Crippen LogP contribution in [0.25, 0.3) is 21.8 Å². The van der Waals surface area contributed by atoms with E-state index in [4.69, 9.17) is 0 Å². The van der Waals surface area contributed by atoms with Gasteiger partial charge in [0.25, 0.3) is 0 Å². The molecule has 0 saturated carbocycles. The molecule has 3 rings (SSSR count). The molecule has 3 aromatic rings. The molecule has 0 amide bonds.